The van der Waals surface area contributed by atoms with Gasteiger partial charge in [-0.25, -0.2) is 19.0 Å². The normalized spacial score (nSPS) is 21.7. The molecular formula is C26H23N3O10S. The molecule has 208 valence electrons. The van der Waals surface area contributed by atoms with Gasteiger partial charge in [0.05, 0.1) is 12.5 Å². The lowest BCUT2D eigenvalue weighted by Crippen LogP contribution is -2.71. The Kier molecular flexibility index (Phi) is 6.66. The van der Waals surface area contributed by atoms with Gasteiger partial charge in [0, 0.05) is 4.75 Å². The van der Waals surface area contributed by atoms with E-state index in [1.807, 2.05) is 0 Å². The Morgan fingerprint density at radius 2 is 1.77 bits per heavy atom. The monoisotopic (exact) mass is 569 g/mol. The number of hydrogen-bond acceptors (Lipinski definition) is 10. The number of carboxylic acids is 1. The number of hydrogen-bond donors (Lipinski definition) is 2. The topological polar surface area (TPSA) is 174 Å². The number of thioether (sulfide) groups is 1. The van der Waals surface area contributed by atoms with Crippen LogP contribution in [0, 0.1) is 0 Å². The maximum Gasteiger partial charge on any atom is 0.513 e. The Balaban J connectivity index is 1.55. The summed E-state index contributed by atoms with van der Waals surface area (Å²) < 4.78 is 14.6. The number of methoxy groups -OCH3 is 1. The van der Waals surface area contributed by atoms with Crippen LogP contribution in [0.5, 0.6) is 5.75 Å². The average Bonchev–Trinajstić information content (AvgIpc) is 3.18. The summed E-state index contributed by atoms with van der Waals surface area (Å²) in [6, 6.07) is 8.27. The highest BCUT2D eigenvalue weighted by Gasteiger charge is 2.64. The van der Waals surface area contributed by atoms with Crippen molar-refractivity contribution in [3.05, 3.63) is 75.0 Å². The van der Waals surface area contributed by atoms with E-state index in [2.05, 4.69) is 10.1 Å². The fourth-order valence-electron chi connectivity index (χ4n) is 5.00. The van der Waals surface area contributed by atoms with Crippen molar-refractivity contribution in [1.82, 2.24) is 14.8 Å². The van der Waals surface area contributed by atoms with Gasteiger partial charge < -0.3 is 29.2 Å². The quantitative estimate of drug-likeness (QED) is 0.249. The number of carbonyl (C=O) groups is 4. The predicted molar refractivity (Wildman–Crippen MR) is 140 cm³/mol. The number of benzene rings is 2. The lowest BCUT2D eigenvalue weighted by Gasteiger charge is -2.44. The smallest absolute Gasteiger partial charge is 0.480 e. The van der Waals surface area contributed by atoms with E-state index in [-0.39, 0.29) is 22.3 Å². The first-order valence-corrected chi connectivity index (χ1v) is 12.9. The van der Waals surface area contributed by atoms with Crippen LogP contribution in [0.1, 0.15) is 25.5 Å². The van der Waals surface area contributed by atoms with E-state index < -0.39 is 63.5 Å². The summed E-state index contributed by atoms with van der Waals surface area (Å²) in [7, 11) is 1.08. The first-order valence-electron chi connectivity index (χ1n) is 12.0. The number of rotatable bonds is 6. The van der Waals surface area contributed by atoms with Gasteiger partial charge in [-0.05, 0) is 31.5 Å². The molecule has 2 amide bonds. The number of ether oxygens (including phenoxy) is 2. The number of nitrogens with zero attached hydrogens (tertiary/aromatic N) is 2. The standard InChI is InChI=1S/C26H23N3O10S/c1-26(2)18(23(33)34)29-21(32)15(22(29)40-26)27-19(30)16(12-8-5-4-6-9-12)28-20(31)13-10-7-11-14(38-25(36)37-3)17(13)39-24(28)35/h4-11,15-16,18,22H,1-3H3,(H,27,30)(H,33,34)/t15-,16-,18+,22-/m1/s1. The molecule has 3 heterocycles. The van der Waals surface area contributed by atoms with Gasteiger partial charge in [-0.1, -0.05) is 36.4 Å². The zero-order valence-electron chi connectivity index (χ0n) is 21.4. The maximum atomic E-state index is 13.7. The Morgan fingerprint density at radius 1 is 1.07 bits per heavy atom. The summed E-state index contributed by atoms with van der Waals surface area (Å²) in [6.07, 6.45) is -1.10. The zero-order chi connectivity index (χ0) is 28.9. The highest BCUT2D eigenvalue weighted by Crippen LogP contribution is 2.50. The number of para-hydroxylation sites is 1. The molecule has 0 radical (unpaired) electrons. The van der Waals surface area contributed by atoms with Crippen LogP contribution in [0.3, 0.4) is 0 Å². The van der Waals surface area contributed by atoms with Crippen LogP contribution in [0.25, 0.3) is 11.0 Å². The van der Waals surface area contributed by atoms with Gasteiger partial charge >= 0.3 is 17.9 Å². The molecule has 3 aromatic rings. The minimum absolute atomic E-state index is 0.155. The van der Waals surface area contributed by atoms with Crippen molar-refractivity contribution in [3.8, 4) is 5.75 Å². The summed E-state index contributed by atoms with van der Waals surface area (Å²) in [4.78, 5) is 78.2. The van der Waals surface area contributed by atoms with Crippen molar-refractivity contribution in [2.45, 2.75) is 42.1 Å². The molecule has 40 heavy (non-hydrogen) atoms. The van der Waals surface area contributed by atoms with Crippen LogP contribution in [0.4, 0.5) is 4.79 Å². The highest BCUT2D eigenvalue weighted by molar-refractivity contribution is 8.01. The van der Waals surface area contributed by atoms with Crippen molar-refractivity contribution in [2.75, 3.05) is 7.11 Å². The zero-order valence-corrected chi connectivity index (χ0v) is 22.2. The number of nitrogens with one attached hydrogen (secondary N) is 1. The lowest BCUT2D eigenvalue weighted by atomic mass is 9.95. The molecule has 2 fully saturated rings. The Bertz CT molecular complexity index is 1660. The largest absolute Gasteiger partial charge is 0.513 e. The Labute approximate surface area is 229 Å². The van der Waals surface area contributed by atoms with Crippen molar-refractivity contribution in [1.29, 1.82) is 0 Å². The summed E-state index contributed by atoms with van der Waals surface area (Å²) in [5.74, 6) is -4.04. The van der Waals surface area contributed by atoms with Crippen LogP contribution in [0.2, 0.25) is 0 Å². The molecule has 2 N–H and O–H groups in total. The second kappa shape index (κ2) is 9.86. The first-order chi connectivity index (χ1) is 19.0. The summed E-state index contributed by atoms with van der Waals surface area (Å²) >= 11 is 1.24. The third-order valence-electron chi connectivity index (χ3n) is 6.77. The van der Waals surface area contributed by atoms with Gasteiger partial charge in [0.2, 0.25) is 11.8 Å². The molecule has 0 bridgehead atoms. The molecule has 2 aliphatic heterocycles. The molecule has 1 aromatic heterocycles. The fourth-order valence-corrected chi connectivity index (χ4v) is 6.63. The highest BCUT2D eigenvalue weighted by atomic mass is 32.2. The van der Waals surface area contributed by atoms with Crippen molar-refractivity contribution >= 4 is 46.7 Å². The van der Waals surface area contributed by atoms with Crippen molar-refractivity contribution < 1.29 is 38.2 Å². The third kappa shape index (κ3) is 4.29. The van der Waals surface area contributed by atoms with Gasteiger partial charge in [0.1, 0.15) is 23.5 Å². The lowest BCUT2D eigenvalue weighted by molar-refractivity contribution is -0.161. The van der Waals surface area contributed by atoms with Crippen LogP contribution in [0.15, 0.2) is 62.5 Å². The van der Waals surface area contributed by atoms with Crippen LogP contribution < -0.4 is 21.4 Å². The number of β-lactam (4-membered cyclic amide) rings is 1. The fraction of sp³-hybridized carbons (Fsp3) is 0.308. The summed E-state index contributed by atoms with van der Waals surface area (Å²) in [5.41, 5.74) is -0.975. The molecule has 0 spiro atoms. The number of aliphatic carboxylic acids is 1. The van der Waals surface area contributed by atoms with E-state index in [4.69, 9.17) is 9.15 Å². The molecule has 0 aliphatic carbocycles. The molecule has 2 saturated heterocycles. The first kappa shape index (κ1) is 27.0. The molecule has 5 rings (SSSR count). The van der Waals surface area contributed by atoms with E-state index in [1.54, 1.807) is 32.0 Å². The second-order valence-electron chi connectivity index (χ2n) is 9.63. The number of carboxylic acid groups (broad SMARTS) is 1. The Hall–Kier alpha value is -4.59. The van der Waals surface area contributed by atoms with Crippen molar-refractivity contribution in [2.24, 2.45) is 0 Å². The molecule has 0 saturated carbocycles. The third-order valence-corrected chi connectivity index (χ3v) is 8.34. The number of carbonyl (C=O) groups excluding carboxylic acids is 3. The minimum atomic E-state index is -1.55. The van der Waals surface area contributed by atoms with Gasteiger partial charge in [-0.2, -0.15) is 0 Å². The molecule has 2 aromatic carbocycles. The van der Waals surface area contributed by atoms with Crippen LogP contribution in [-0.4, -0.2) is 67.8 Å². The van der Waals surface area contributed by atoms with Gasteiger partial charge in [0.15, 0.2) is 11.3 Å². The number of amides is 2. The molecule has 2 aliphatic rings. The minimum Gasteiger partial charge on any atom is -0.480 e. The number of aromatic nitrogens is 1. The van der Waals surface area contributed by atoms with Crippen LogP contribution in [-0.2, 0) is 19.1 Å². The van der Waals surface area contributed by atoms with E-state index in [0.717, 1.165) is 7.11 Å². The molecule has 4 atom stereocenters. The van der Waals surface area contributed by atoms with Crippen molar-refractivity contribution in [3.63, 3.8) is 0 Å². The molecule has 13 nitrogen and oxygen atoms in total. The predicted octanol–water partition coefficient (Wildman–Crippen LogP) is 1.32. The summed E-state index contributed by atoms with van der Waals surface area (Å²) in [6.45, 7) is 3.40. The molecular weight excluding hydrogens is 546 g/mol. The maximum absolute atomic E-state index is 13.7. The SMILES string of the molecule is COC(=O)Oc1cccc2c(=O)n([C@@H](C(=O)N[C@@H]3C(=O)N4[C@@H]3SC(C)(C)[C@@H]4C(=O)O)c3ccccc3)c(=O)oc12. The van der Waals surface area contributed by atoms with E-state index in [1.165, 1.54) is 47.0 Å². The number of fused-ring (bicyclic) bond motifs is 2. The van der Waals surface area contributed by atoms with Gasteiger partial charge in [-0.3, -0.25) is 14.4 Å². The van der Waals surface area contributed by atoms with Gasteiger partial charge in [-0.15, -0.1) is 11.8 Å². The average molecular weight is 570 g/mol. The summed E-state index contributed by atoms with van der Waals surface area (Å²) in [5, 5.41) is 11.5. The van der Waals surface area contributed by atoms with Crippen LogP contribution >= 0.6 is 11.8 Å². The van der Waals surface area contributed by atoms with E-state index >= 15 is 0 Å². The van der Waals surface area contributed by atoms with E-state index in [9.17, 15) is 33.9 Å². The second-order valence-corrected chi connectivity index (χ2v) is 11.4. The van der Waals surface area contributed by atoms with Gasteiger partial charge in [0.25, 0.3) is 5.56 Å². The Morgan fingerprint density at radius 3 is 2.42 bits per heavy atom. The van der Waals surface area contributed by atoms with E-state index in [0.29, 0.717) is 4.57 Å². The molecule has 14 heteroatoms. The molecule has 0 unspecified atom stereocenters.